The van der Waals surface area contributed by atoms with Gasteiger partial charge in [-0.3, -0.25) is 0 Å². The summed E-state index contributed by atoms with van der Waals surface area (Å²) in [6, 6.07) is 15.0. The molecule has 0 radical (unpaired) electrons. The highest BCUT2D eigenvalue weighted by Crippen LogP contribution is 2.30. The topological polar surface area (TPSA) is 46.5 Å². The zero-order chi connectivity index (χ0) is 14.5. The zero-order valence-electron chi connectivity index (χ0n) is 11.7. The molecule has 0 spiro atoms. The van der Waals surface area contributed by atoms with Gasteiger partial charge < -0.3 is 9.84 Å². The number of hydrogen-bond acceptors (Lipinski definition) is 2. The normalized spacial score (nSPS) is 10.6. The molecular formula is C17H18O3. The molecule has 0 saturated heterocycles. The average molecular weight is 270 g/mol. The maximum Gasteiger partial charge on any atom is 0.336 e. The second-order valence-electron chi connectivity index (χ2n) is 4.95. The Morgan fingerprint density at radius 3 is 2.40 bits per heavy atom. The molecule has 0 amide bonds. The van der Waals surface area contributed by atoms with Crippen molar-refractivity contribution in [2.24, 2.45) is 0 Å². The Labute approximate surface area is 118 Å². The van der Waals surface area contributed by atoms with Gasteiger partial charge >= 0.3 is 5.97 Å². The molecule has 0 aliphatic rings. The lowest BCUT2D eigenvalue weighted by Gasteiger charge is -2.16. The maximum absolute atomic E-state index is 11.3. The summed E-state index contributed by atoms with van der Waals surface area (Å²) in [4.78, 5) is 11.3. The molecule has 0 atom stereocenters. The van der Waals surface area contributed by atoms with E-state index in [0.717, 1.165) is 11.1 Å². The van der Waals surface area contributed by atoms with Crippen LogP contribution in [-0.4, -0.2) is 11.1 Å². The van der Waals surface area contributed by atoms with Crippen LogP contribution in [0.1, 0.15) is 41.3 Å². The van der Waals surface area contributed by atoms with Crippen molar-refractivity contribution >= 4 is 5.97 Å². The summed E-state index contributed by atoms with van der Waals surface area (Å²) in [7, 11) is 0. The van der Waals surface area contributed by atoms with Crippen LogP contribution >= 0.6 is 0 Å². The Kier molecular flexibility index (Phi) is 4.41. The quantitative estimate of drug-likeness (QED) is 0.890. The van der Waals surface area contributed by atoms with Crippen molar-refractivity contribution in [2.75, 3.05) is 0 Å². The van der Waals surface area contributed by atoms with Crippen LogP contribution in [0.5, 0.6) is 5.75 Å². The third-order valence-electron chi connectivity index (χ3n) is 3.11. The summed E-state index contributed by atoms with van der Waals surface area (Å²) in [6.07, 6.45) is 0. The highest BCUT2D eigenvalue weighted by Gasteiger charge is 2.17. The van der Waals surface area contributed by atoms with Crippen LogP contribution in [-0.2, 0) is 6.61 Å². The van der Waals surface area contributed by atoms with E-state index in [0.29, 0.717) is 17.9 Å². The first kappa shape index (κ1) is 14.1. The van der Waals surface area contributed by atoms with E-state index in [2.05, 4.69) is 0 Å². The second kappa shape index (κ2) is 6.24. The number of aromatic carboxylic acids is 1. The Balaban J connectivity index is 2.27. The molecule has 0 unspecified atom stereocenters. The van der Waals surface area contributed by atoms with E-state index in [-0.39, 0.29) is 5.92 Å². The van der Waals surface area contributed by atoms with Gasteiger partial charge in [-0.2, -0.15) is 0 Å². The van der Waals surface area contributed by atoms with Crippen LogP contribution in [0, 0.1) is 0 Å². The third kappa shape index (κ3) is 3.18. The molecule has 2 aromatic carbocycles. The van der Waals surface area contributed by atoms with Crippen molar-refractivity contribution in [1.82, 2.24) is 0 Å². The van der Waals surface area contributed by atoms with Crippen LogP contribution in [0.15, 0.2) is 48.5 Å². The highest BCUT2D eigenvalue weighted by atomic mass is 16.5. The summed E-state index contributed by atoms with van der Waals surface area (Å²) >= 11 is 0. The fourth-order valence-electron chi connectivity index (χ4n) is 2.19. The van der Waals surface area contributed by atoms with Gasteiger partial charge in [-0.25, -0.2) is 4.79 Å². The first-order valence-electron chi connectivity index (χ1n) is 6.62. The number of ether oxygens (including phenoxy) is 1. The smallest absolute Gasteiger partial charge is 0.336 e. The largest absolute Gasteiger partial charge is 0.489 e. The van der Waals surface area contributed by atoms with Gasteiger partial charge in [0, 0.05) is 5.56 Å². The van der Waals surface area contributed by atoms with E-state index in [1.165, 1.54) is 0 Å². The standard InChI is InChI=1S/C17H18O3/c1-12(2)16-14(17(18)19)9-6-10-15(16)20-11-13-7-4-3-5-8-13/h3-10,12H,11H2,1-2H3,(H,18,19). The second-order valence-corrected chi connectivity index (χ2v) is 4.95. The van der Waals surface area contributed by atoms with Crippen molar-refractivity contribution in [1.29, 1.82) is 0 Å². The Hall–Kier alpha value is -2.29. The minimum absolute atomic E-state index is 0.0908. The summed E-state index contributed by atoms with van der Waals surface area (Å²) in [5.74, 6) is -0.185. The highest BCUT2D eigenvalue weighted by molar-refractivity contribution is 5.90. The van der Waals surface area contributed by atoms with E-state index in [1.54, 1.807) is 12.1 Å². The van der Waals surface area contributed by atoms with Gasteiger partial charge in [0.2, 0.25) is 0 Å². The van der Waals surface area contributed by atoms with Gasteiger partial charge in [-0.15, -0.1) is 0 Å². The molecule has 3 heteroatoms. The number of carbonyl (C=O) groups is 1. The molecule has 0 aromatic heterocycles. The van der Waals surface area contributed by atoms with Crippen molar-refractivity contribution in [3.05, 3.63) is 65.2 Å². The van der Waals surface area contributed by atoms with Crippen LogP contribution in [0.4, 0.5) is 0 Å². The number of hydrogen-bond donors (Lipinski definition) is 1. The molecule has 2 aromatic rings. The predicted octanol–water partition coefficient (Wildman–Crippen LogP) is 4.09. The summed E-state index contributed by atoms with van der Waals surface area (Å²) < 4.78 is 5.81. The molecular weight excluding hydrogens is 252 g/mol. The molecule has 0 aliphatic carbocycles. The lowest BCUT2D eigenvalue weighted by Crippen LogP contribution is -2.07. The van der Waals surface area contributed by atoms with Crippen LogP contribution in [0.25, 0.3) is 0 Å². The zero-order valence-corrected chi connectivity index (χ0v) is 11.7. The fourth-order valence-corrected chi connectivity index (χ4v) is 2.19. The van der Waals surface area contributed by atoms with E-state index in [4.69, 9.17) is 4.74 Å². The van der Waals surface area contributed by atoms with Crippen molar-refractivity contribution in [3.63, 3.8) is 0 Å². The molecule has 2 rings (SSSR count). The van der Waals surface area contributed by atoms with Crippen LogP contribution in [0.2, 0.25) is 0 Å². The van der Waals surface area contributed by atoms with E-state index in [1.807, 2.05) is 50.2 Å². The van der Waals surface area contributed by atoms with E-state index >= 15 is 0 Å². The fraction of sp³-hybridized carbons (Fsp3) is 0.235. The van der Waals surface area contributed by atoms with Gasteiger partial charge in [0.1, 0.15) is 12.4 Å². The summed E-state index contributed by atoms with van der Waals surface area (Å²) in [6.45, 7) is 4.37. The monoisotopic (exact) mass is 270 g/mol. The number of benzene rings is 2. The van der Waals surface area contributed by atoms with Gasteiger partial charge in [-0.1, -0.05) is 50.2 Å². The SMILES string of the molecule is CC(C)c1c(OCc2ccccc2)cccc1C(=O)O. The van der Waals surface area contributed by atoms with E-state index < -0.39 is 5.97 Å². The molecule has 1 N–H and O–H groups in total. The third-order valence-corrected chi connectivity index (χ3v) is 3.11. The minimum Gasteiger partial charge on any atom is -0.489 e. The molecule has 0 heterocycles. The predicted molar refractivity (Wildman–Crippen MR) is 78.3 cm³/mol. The van der Waals surface area contributed by atoms with E-state index in [9.17, 15) is 9.90 Å². The van der Waals surface area contributed by atoms with Crippen molar-refractivity contribution in [3.8, 4) is 5.75 Å². The lowest BCUT2D eigenvalue weighted by molar-refractivity contribution is 0.0694. The molecule has 104 valence electrons. The number of carboxylic acid groups (broad SMARTS) is 1. The molecule has 3 nitrogen and oxygen atoms in total. The van der Waals surface area contributed by atoms with Crippen LogP contribution < -0.4 is 4.74 Å². The van der Waals surface area contributed by atoms with Gasteiger partial charge in [0.05, 0.1) is 5.56 Å². The van der Waals surface area contributed by atoms with Crippen LogP contribution in [0.3, 0.4) is 0 Å². The Morgan fingerprint density at radius 1 is 1.10 bits per heavy atom. The Morgan fingerprint density at radius 2 is 1.80 bits per heavy atom. The lowest BCUT2D eigenvalue weighted by atomic mass is 9.96. The minimum atomic E-state index is -0.918. The molecule has 0 fully saturated rings. The maximum atomic E-state index is 11.3. The molecule has 0 bridgehead atoms. The first-order valence-corrected chi connectivity index (χ1v) is 6.62. The first-order chi connectivity index (χ1) is 9.59. The van der Waals surface area contributed by atoms with Crippen molar-refractivity contribution < 1.29 is 14.6 Å². The molecule has 0 aliphatic heterocycles. The average Bonchev–Trinajstić information content (AvgIpc) is 2.45. The molecule has 0 saturated carbocycles. The number of rotatable bonds is 5. The number of carboxylic acids is 1. The van der Waals surface area contributed by atoms with Crippen molar-refractivity contribution in [2.45, 2.75) is 26.4 Å². The van der Waals surface area contributed by atoms with Gasteiger partial charge in [0.25, 0.3) is 0 Å². The molecule has 20 heavy (non-hydrogen) atoms. The van der Waals surface area contributed by atoms with Gasteiger partial charge in [0.15, 0.2) is 0 Å². The van der Waals surface area contributed by atoms with Gasteiger partial charge in [-0.05, 0) is 23.6 Å². The summed E-state index contributed by atoms with van der Waals surface area (Å²) in [5.41, 5.74) is 2.12. The summed E-state index contributed by atoms with van der Waals surface area (Å²) in [5, 5.41) is 9.27. The Bertz CT molecular complexity index is 588.